The minimum absolute atomic E-state index is 0.507. The molecule has 7 rings (SSSR count). The molecule has 0 saturated carbocycles. The average Bonchev–Trinajstić information content (AvgIpc) is 3.43. The summed E-state index contributed by atoms with van der Waals surface area (Å²) in [6.45, 7) is 11.7. The van der Waals surface area contributed by atoms with Crippen LogP contribution in [0.15, 0.2) is 78.4 Å². The molecule has 2 heterocycles. The van der Waals surface area contributed by atoms with Gasteiger partial charge in [-0.1, -0.05) is 125 Å². The second-order valence-electron chi connectivity index (χ2n) is 12.1. The van der Waals surface area contributed by atoms with E-state index < -0.39 is 8.80 Å². The molecule has 1 aliphatic carbocycles. The summed E-state index contributed by atoms with van der Waals surface area (Å²) in [6, 6.07) is 28.8. The quantitative estimate of drug-likeness (QED) is 0.227. The predicted octanol–water partition coefficient (Wildman–Crippen LogP) is 9.08. The molecule has 189 valence electrons. The number of fused-ring (bicyclic) bond motifs is 6. The van der Waals surface area contributed by atoms with Crippen molar-refractivity contribution in [3.63, 3.8) is 0 Å². The van der Waals surface area contributed by atoms with Gasteiger partial charge in [-0.25, -0.2) is 0 Å². The van der Waals surface area contributed by atoms with Gasteiger partial charge < -0.3 is 0 Å². The maximum absolute atomic E-state index is 2.59. The highest BCUT2D eigenvalue weighted by atomic mass is 28.3. The van der Waals surface area contributed by atoms with E-state index in [0.29, 0.717) is 17.4 Å². The van der Waals surface area contributed by atoms with Crippen LogP contribution < -0.4 is 10.4 Å². The summed E-state index contributed by atoms with van der Waals surface area (Å²) < 4.78 is 0. The third kappa shape index (κ3) is 3.41. The molecule has 3 aliphatic rings. The van der Waals surface area contributed by atoms with E-state index in [2.05, 4.69) is 113 Å². The van der Waals surface area contributed by atoms with E-state index in [4.69, 9.17) is 0 Å². The van der Waals surface area contributed by atoms with E-state index in [9.17, 15) is 0 Å². The van der Waals surface area contributed by atoms with E-state index in [1.165, 1.54) is 69.3 Å². The molecular formula is C37H37Si. The topological polar surface area (TPSA) is 0 Å². The van der Waals surface area contributed by atoms with Crippen molar-refractivity contribution < 1.29 is 0 Å². The zero-order chi connectivity index (χ0) is 26.1. The maximum Gasteiger partial charge on any atom is 0.135 e. The molecule has 0 amide bonds. The van der Waals surface area contributed by atoms with Gasteiger partial charge in [0.05, 0.1) is 0 Å². The molecule has 4 aromatic rings. The van der Waals surface area contributed by atoms with Gasteiger partial charge in [-0.05, 0) is 90.7 Å². The van der Waals surface area contributed by atoms with E-state index in [1.807, 2.05) is 0 Å². The lowest BCUT2D eigenvalue weighted by molar-refractivity contribution is 0.773. The first-order chi connectivity index (χ1) is 18.5. The molecule has 0 fully saturated rings. The van der Waals surface area contributed by atoms with E-state index in [0.717, 1.165) is 0 Å². The summed E-state index contributed by atoms with van der Waals surface area (Å²) in [6.07, 6.45) is 6.31. The summed E-state index contributed by atoms with van der Waals surface area (Å²) in [4.78, 5) is 0. The summed E-state index contributed by atoms with van der Waals surface area (Å²) in [5.41, 5.74) is 17.0. The van der Waals surface area contributed by atoms with Crippen LogP contribution in [0.2, 0.25) is 0 Å². The SMILES string of the molecule is CCCCC1=Cc2ccc3c(-c4cc(C(C)C)cc(C(C)C)c4)c2C1[Si]1c2ccccc2-c2cccc-3c21. The van der Waals surface area contributed by atoms with Crippen LogP contribution >= 0.6 is 0 Å². The molecule has 2 aliphatic heterocycles. The summed E-state index contributed by atoms with van der Waals surface area (Å²) in [5.74, 6) is 1.02. The number of allylic oxidation sites excluding steroid dienone is 1. The molecule has 4 aromatic carbocycles. The number of unbranched alkanes of at least 4 members (excludes halogenated alkanes) is 1. The van der Waals surface area contributed by atoms with Gasteiger partial charge in [0.15, 0.2) is 0 Å². The van der Waals surface area contributed by atoms with Gasteiger partial charge in [0.1, 0.15) is 8.80 Å². The van der Waals surface area contributed by atoms with Gasteiger partial charge in [0, 0.05) is 5.54 Å². The van der Waals surface area contributed by atoms with Gasteiger partial charge in [-0.15, -0.1) is 0 Å². The first-order valence-electron chi connectivity index (χ1n) is 14.6. The lowest BCUT2D eigenvalue weighted by Crippen LogP contribution is -2.44. The Balaban J connectivity index is 1.58. The standard InChI is InChI=1S/C37H37Si/c1-6-7-11-25-18-24-16-17-30-32-14-10-13-31-29-12-8-9-15-33(29)38(37(31)32)36(25)35(24)34(30)28-20-26(22(2)3)19-27(21-28)23(4)5/h8-10,12-23,36H,6-7,11H2,1-5H3. The number of benzene rings is 4. The largest absolute Gasteiger partial charge is 0.135 e. The highest BCUT2D eigenvalue weighted by Gasteiger charge is 2.46. The van der Waals surface area contributed by atoms with Crippen molar-refractivity contribution in [1.29, 1.82) is 0 Å². The lowest BCUT2D eigenvalue weighted by Gasteiger charge is -2.25. The zero-order valence-corrected chi connectivity index (χ0v) is 24.4. The molecule has 1 atom stereocenters. The van der Waals surface area contributed by atoms with Crippen LogP contribution in [-0.4, -0.2) is 8.80 Å². The Bertz CT molecular complexity index is 1590. The molecule has 1 unspecified atom stereocenters. The third-order valence-electron chi connectivity index (χ3n) is 9.12. The monoisotopic (exact) mass is 509 g/mol. The van der Waals surface area contributed by atoms with Crippen LogP contribution in [0.25, 0.3) is 39.5 Å². The molecule has 1 heteroatoms. The van der Waals surface area contributed by atoms with E-state index in [-0.39, 0.29) is 0 Å². The van der Waals surface area contributed by atoms with Crippen molar-refractivity contribution in [2.75, 3.05) is 0 Å². The summed E-state index contributed by atoms with van der Waals surface area (Å²) in [5, 5.41) is 3.28. The predicted molar refractivity (Wildman–Crippen MR) is 166 cm³/mol. The second kappa shape index (κ2) is 8.95. The fourth-order valence-electron chi connectivity index (χ4n) is 7.17. The lowest BCUT2D eigenvalue weighted by atomic mass is 9.84. The Labute approximate surface area is 230 Å². The Kier molecular flexibility index (Phi) is 5.64. The summed E-state index contributed by atoms with van der Waals surface area (Å²) >= 11 is 0. The molecule has 0 spiro atoms. The van der Waals surface area contributed by atoms with E-state index in [1.54, 1.807) is 21.5 Å². The van der Waals surface area contributed by atoms with Gasteiger partial charge in [0.25, 0.3) is 0 Å². The van der Waals surface area contributed by atoms with Crippen molar-refractivity contribution in [2.45, 2.75) is 71.3 Å². The number of hydrogen-bond donors (Lipinski definition) is 0. The Morgan fingerprint density at radius 2 is 1.42 bits per heavy atom. The fourth-order valence-corrected chi connectivity index (χ4v) is 11.0. The van der Waals surface area contributed by atoms with Gasteiger partial charge in [-0.3, -0.25) is 0 Å². The number of rotatable bonds is 6. The van der Waals surface area contributed by atoms with Crippen molar-refractivity contribution in [3.8, 4) is 33.4 Å². The van der Waals surface area contributed by atoms with Crippen LogP contribution in [0, 0.1) is 0 Å². The van der Waals surface area contributed by atoms with Crippen LogP contribution in [0.4, 0.5) is 0 Å². The Morgan fingerprint density at radius 1 is 0.737 bits per heavy atom. The minimum Gasteiger partial charge on any atom is -0.0654 e. The molecule has 1 radical (unpaired) electrons. The minimum atomic E-state index is -1.02. The van der Waals surface area contributed by atoms with Gasteiger partial charge in [0.2, 0.25) is 0 Å². The molecule has 2 bridgehead atoms. The normalized spacial score (nSPS) is 16.6. The average molecular weight is 510 g/mol. The highest BCUT2D eigenvalue weighted by molar-refractivity contribution is 6.92. The number of hydrogen-bond acceptors (Lipinski definition) is 0. The second-order valence-corrected chi connectivity index (χ2v) is 14.6. The van der Waals surface area contributed by atoms with Crippen LogP contribution in [0.1, 0.15) is 93.5 Å². The third-order valence-corrected chi connectivity index (χ3v) is 12.4. The molecule has 0 aromatic heterocycles. The van der Waals surface area contributed by atoms with Gasteiger partial charge >= 0.3 is 0 Å². The highest BCUT2D eigenvalue weighted by Crippen LogP contribution is 2.53. The smallest absolute Gasteiger partial charge is 0.0654 e. The van der Waals surface area contributed by atoms with Crippen molar-refractivity contribution in [2.24, 2.45) is 0 Å². The van der Waals surface area contributed by atoms with Crippen LogP contribution in [0.5, 0.6) is 0 Å². The van der Waals surface area contributed by atoms with Crippen molar-refractivity contribution >= 4 is 25.2 Å². The molecule has 0 nitrogen and oxygen atoms in total. The van der Waals surface area contributed by atoms with Crippen LogP contribution in [-0.2, 0) is 0 Å². The Morgan fingerprint density at radius 3 is 2.13 bits per heavy atom. The summed E-state index contributed by atoms with van der Waals surface area (Å²) in [7, 11) is -1.02. The zero-order valence-electron chi connectivity index (χ0n) is 23.4. The molecule has 0 N–H and O–H groups in total. The maximum atomic E-state index is 2.59. The molecule has 0 saturated heterocycles. The van der Waals surface area contributed by atoms with Crippen molar-refractivity contribution in [3.05, 3.63) is 101 Å². The fraction of sp³-hybridized carbons (Fsp3) is 0.297. The molecule has 38 heavy (non-hydrogen) atoms. The van der Waals surface area contributed by atoms with Crippen molar-refractivity contribution in [1.82, 2.24) is 0 Å². The first kappa shape index (κ1) is 23.9. The van der Waals surface area contributed by atoms with E-state index >= 15 is 0 Å². The van der Waals surface area contributed by atoms with Crippen LogP contribution in [0.3, 0.4) is 0 Å². The first-order valence-corrected chi connectivity index (χ1v) is 16.2. The Hall–Kier alpha value is -3.16. The molecular weight excluding hydrogens is 472 g/mol. The van der Waals surface area contributed by atoms with Gasteiger partial charge in [-0.2, -0.15) is 0 Å².